The van der Waals surface area contributed by atoms with E-state index in [9.17, 15) is 18.0 Å². The van der Waals surface area contributed by atoms with Gasteiger partial charge in [0.1, 0.15) is 12.4 Å². The lowest BCUT2D eigenvalue weighted by atomic mass is 10.1. The van der Waals surface area contributed by atoms with Crippen LogP contribution in [0.15, 0.2) is 48.5 Å². The second kappa shape index (κ2) is 12.4. The second-order valence-electron chi connectivity index (χ2n) is 8.73. The summed E-state index contributed by atoms with van der Waals surface area (Å²) in [6.45, 7) is 4.64. The molecule has 2 aliphatic heterocycles. The number of rotatable bonds is 6. The Morgan fingerprint density at radius 2 is 1.61 bits per heavy atom. The summed E-state index contributed by atoms with van der Waals surface area (Å²) in [4.78, 5) is 26.5. The van der Waals surface area contributed by atoms with Crippen molar-refractivity contribution in [2.24, 2.45) is 0 Å². The van der Waals surface area contributed by atoms with Gasteiger partial charge in [-0.2, -0.15) is 18.4 Å². The highest BCUT2D eigenvalue weighted by molar-refractivity contribution is 5.94. The van der Waals surface area contributed by atoms with Crippen LogP contribution in [0.1, 0.15) is 47.2 Å². The molecule has 2 fully saturated rings. The van der Waals surface area contributed by atoms with Crippen LogP contribution in [0.25, 0.3) is 0 Å². The number of aliphatic carboxylic acids is 1. The van der Waals surface area contributed by atoms with Crippen molar-refractivity contribution in [3.63, 3.8) is 0 Å². The maximum atomic E-state index is 13.0. The predicted molar refractivity (Wildman–Crippen MR) is 125 cm³/mol. The van der Waals surface area contributed by atoms with Gasteiger partial charge in [-0.3, -0.25) is 4.79 Å². The van der Waals surface area contributed by atoms with Crippen LogP contribution in [0.2, 0.25) is 0 Å². The third kappa shape index (κ3) is 7.71. The van der Waals surface area contributed by atoms with Crippen molar-refractivity contribution < 1.29 is 32.6 Å². The van der Waals surface area contributed by atoms with Gasteiger partial charge >= 0.3 is 12.1 Å². The molecular formula is C26H28F3N3O4. The fourth-order valence-electron chi connectivity index (χ4n) is 4.26. The molecule has 2 heterocycles. The van der Waals surface area contributed by atoms with Gasteiger partial charge in [-0.15, -0.1) is 0 Å². The Kier molecular flexibility index (Phi) is 9.31. The van der Waals surface area contributed by atoms with Crippen LogP contribution in [0, 0.1) is 11.3 Å². The molecule has 192 valence electrons. The van der Waals surface area contributed by atoms with Gasteiger partial charge in [0.2, 0.25) is 0 Å². The van der Waals surface area contributed by atoms with Gasteiger partial charge in [0.25, 0.3) is 5.91 Å². The molecule has 0 spiro atoms. The molecule has 4 rings (SSSR count). The number of likely N-dealkylation sites (tertiary alicyclic amines) is 2. The number of nitrogens with zero attached hydrogens (tertiary/aromatic N) is 3. The number of hydrogen-bond acceptors (Lipinski definition) is 5. The van der Waals surface area contributed by atoms with E-state index in [1.165, 1.54) is 25.9 Å². The normalized spacial score (nSPS) is 17.7. The molecule has 7 nitrogen and oxygen atoms in total. The molecule has 0 saturated carbocycles. The summed E-state index contributed by atoms with van der Waals surface area (Å²) in [6.07, 6.45) is -0.320. The molecule has 0 aliphatic carbocycles. The summed E-state index contributed by atoms with van der Waals surface area (Å²) in [7, 11) is 0. The summed E-state index contributed by atoms with van der Waals surface area (Å²) in [6, 6.07) is 17.3. The summed E-state index contributed by atoms with van der Waals surface area (Å²) >= 11 is 0. The number of carboxylic acids is 1. The van der Waals surface area contributed by atoms with Gasteiger partial charge in [-0.05, 0) is 80.7 Å². The first-order chi connectivity index (χ1) is 17.2. The topological polar surface area (TPSA) is 93.9 Å². The molecule has 1 atom stereocenters. The van der Waals surface area contributed by atoms with Gasteiger partial charge in [0, 0.05) is 24.7 Å². The van der Waals surface area contributed by atoms with E-state index in [0.717, 1.165) is 42.8 Å². The minimum absolute atomic E-state index is 0.130. The molecule has 36 heavy (non-hydrogen) atoms. The molecular weight excluding hydrogens is 475 g/mol. The number of benzene rings is 2. The minimum atomic E-state index is -5.08. The molecule has 0 unspecified atom stereocenters. The van der Waals surface area contributed by atoms with E-state index >= 15 is 0 Å². The zero-order valence-electron chi connectivity index (χ0n) is 19.7. The van der Waals surface area contributed by atoms with Gasteiger partial charge < -0.3 is 19.6 Å². The van der Waals surface area contributed by atoms with E-state index in [1.807, 2.05) is 36.4 Å². The van der Waals surface area contributed by atoms with E-state index in [1.54, 1.807) is 12.1 Å². The molecule has 1 N–H and O–H groups in total. The summed E-state index contributed by atoms with van der Waals surface area (Å²) in [5.41, 5.74) is 2.37. The van der Waals surface area contributed by atoms with Crippen molar-refractivity contribution in [1.29, 1.82) is 5.26 Å². The lowest BCUT2D eigenvalue weighted by Crippen LogP contribution is -2.42. The van der Waals surface area contributed by atoms with Crippen molar-refractivity contribution in [1.82, 2.24) is 9.80 Å². The molecule has 0 bridgehead atoms. The SMILES string of the molecule is N#Cc1ccc(COc2ccc(C(=O)N3CCC[C@H]3CN3CCCC3)cc2)cc1.O=C(O)C(F)(F)F. The largest absolute Gasteiger partial charge is 0.490 e. The van der Waals surface area contributed by atoms with Crippen LogP contribution in [-0.2, 0) is 11.4 Å². The highest BCUT2D eigenvalue weighted by Gasteiger charge is 2.38. The van der Waals surface area contributed by atoms with Crippen molar-refractivity contribution in [2.75, 3.05) is 26.2 Å². The van der Waals surface area contributed by atoms with E-state index in [-0.39, 0.29) is 5.91 Å². The number of carbonyl (C=O) groups is 2. The zero-order chi connectivity index (χ0) is 26.1. The van der Waals surface area contributed by atoms with E-state index in [0.29, 0.717) is 18.2 Å². The van der Waals surface area contributed by atoms with Crippen molar-refractivity contribution in [3.05, 3.63) is 65.2 Å². The van der Waals surface area contributed by atoms with E-state index < -0.39 is 12.1 Å². The first-order valence-corrected chi connectivity index (χ1v) is 11.7. The number of nitriles is 1. The van der Waals surface area contributed by atoms with Crippen molar-refractivity contribution >= 4 is 11.9 Å². The number of carbonyl (C=O) groups excluding carboxylic acids is 1. The van der Waals surface area contributed by atoms with Crippen LogP contribution >= 0.6 is 0 Å². The Labute approximate surface area is 207 Å². The Hall–Kier alpha value is -3.58. The summed E-state index contributed by atoms with van der Waals surface area (Å²) in [5, 5.41) is 16.0. The number of carboxylic acid groups (broad SMARTS) is 1. The standard InChI is InChI=1S/C24H27N3O2.C2HF3O2/c25-16-19-5-7-20(8-6-19)18-29-23-11-9-21(10-12-23)24(28)27-15-3-4-22(27)17-26-13-1-2-14-26;3-2(4,5)1(6)7/h5-12,22H,1-4,13-15,17-18H2;(H,6,7)/t22-;/m0./s1. The Bertz CT molecular complexity index is 1060. The first-order valence-electron chi connectivity index (χ1n) is 11.7. The third-order valence-electron chi connectivity index (χ3n) is 6.14. The van der Waals surface area contributed by atoms with Crippen molar-refractivity contribution in [2.45, 2.75) is 44.5 Å². The third-order valence-corrected chi connectivity index (χ3v) is 6.14. The maximum Gasteiger partial charge on any atom is 0.490 e. The zero-order valence-corrected chi connectivity index (χ0v) is 19.7. The van der Waals surface area contributed by atoms with Crippen molar-refractivity contribution in [3.8, 4) is 11.8 Å². The summed E-state index contributed by atoms with van der Waals surface area (Å²) < 4.78 is 37.6. The van der Waals surface area contributed by atoms with Gasteiger partial charge in [-0.1, -0.05) is 12.1 Å². The predicted octanol–water partition coefficient (Wildman–Crippen LogP) is 4.47. The van der Waals surface area contributed by atoms with Crippen LogP contribution in [-0.4, -0.2) is 65.2 Å². The second-order valence-corrected chi connectivity index (χ2v) is 8.73. The average Bonchev–Trinajstić information content (AvgIpc) is 3.55. The fraction of sp³-hybridized carbons (Fsp3) is 0.423. The molecule has 2 saturated heterocycles. The Morgan fingerprint density at radius 1 is 1.00 bits per heavy atom. The highest BCUT2D eigenvalue weighted by atomic mass is 19.4. The summed E-state index contributed by atoms with van der Waals surface area (Å²) in [5.74, 6) is -1.89. The first kappa shape index (κ1) is 27.0. The Morgan fingerprint density at radius 3 is 2.17 bits per heavy atom. The molecule has 2 aromatic carbocycles. The van der Waals surface area contributed by atoms with Crippen LogP contribution in [0.5, 0.6) is 5.75 Å². The fourth-order valence-corrected chi connectivity index (χ4v) is 4.26. The maximum absolute atomic E-state index is 13.0. The van der Waals surface area contributed by atoms with Gasteiger partial charge in [0.15, 0.2) is 0 Å². The number of hydrogen-bond donors (Lipinski definition) is 1. The Balaban J connectivity index is 0.000000454. The van der Waals surface area contributed by atoms with Crippen LogP contribution in [0.3, 0.4) is 0 Å². The number of ether oxygens (including phenoxy) is 1. The number of alkyl halides is 3. The molecule has 10 heteroatoms. The van der Waals surface area contributed by atoms with E-state index in [2.05, 4.69) is 15.9 Å². The van der Waals surface area contributed by atoms with Gasteiger partial charge in [0.05, 0.1) is 11.6 Å². The lowest BCUT2D eigenvalue weighted by molar-refractivity contribution is -0.192. The number of amides is 1. The average molecular weight is 504 g/mol. The molecule has 0 aromatic heterocycles. The number of halogens is 3. The molecule has 0 radical (unpaired) electrons. The smallest absolute Gasteiger partial charge is 0.489 e. The minimum Gasteiger partial charge on any atom is -0.489 e. The van der Waals surface area contributed by atoms with Gasteiger partial charge in [-0.25, -0.2) is 4.79 Å². The highest BCUT2D eigenvalue weighted by Crippen LogP contribution is 2.24. The molecule has 2 aliphatic rings. The quantitative estimate of drug-likeness (QED) is 0.625. The van der Waals surface area contributed by atoms with E-state index in [4.69, 9.17) is 19.9 Å². The lowest BCUT2D eigenvalue weighted by Gasteiger charge is -2.28. The molecule has 2 aromatic rings. The van der Waals surface area contributed by atoms with Crippen LogP contribution in [0.4, 0.5) is 13.2 Å². The van der Waals surface area contributed by atoms with Crippen LogP contribution < -0.4 is 4.74 Å². The monoisotopic (exact) mass is 503 g/mol. The molecule has 1 amide bonds.